The molecule has 1 aromatic carbocycles. The highest BCUT2D eigenvalue weighted by Gasteiger charge is 2.22. The van der Waals surface area contributed by atoms with Crippen LogP contribution in [0.25, 0.3) is 5.70 Å². The van der Waals surface area contributed by atoms with E-state index in [1.54, 1.807) is 18.4 Å². The number of hydrogen-bond donors (Lipinski definition) is 2. The van der Waals surface area contributed by atoms with Gasteiger partial charge in [-0.15, -0.1) is 0 Å². The fourth-order valence-corrected chi connectivity index (χ4v) is 3.38. The zero-order chi connectivity index (χ0) is 20.1. The standard InChI is InChI=1S/C22H25N3O3/c1-3-9-19-17(14-23-18-12-7-5-10-15(18)4-2)21(26)25(24-19)20-13-8-6-11-16(20)22(27)28/h5,7,10-14,24H,3-4,6,8-9H2,1-2H3,(H,27,28). The van der Waals surface area contributed by atoms with Crippen LogP contribution in [0.4, 0.5) is 5.69 Å². The van der Waals surface area contributed by atoms with E-state index in [0.717, 1.165) is 29.8 Å². The van der Waals surface area contributed by atoms with E-state index < -0.39 is 5.97 Å². The molecule has 6 nitrogen and oxygen atoms in total. The van der Waals surface area contributed by atoms with Gasteiger partial charge < -0.3 is 5.11 Å². The fourth-order valence-electron chi connectivity index (χ4n) is 3.38. The summed E-state index contributed by atoms with van der Waals surface area (Å²) >= 11 is 0. The van der Waals surface area contributed by atoms with Crippen molar-refractivity contribution in [3.05, 3.63) is 69.2 Å². The van der Waals surface area contributed by atoms with Gasteiger partial charge in [0.2, 0.25) is 0 Å². The van der Waals surface area contributed by atoms with Crippen molar-refractivity contribution in [1.29, 1.82) is 0 Å². The van der Waals surface area contributed by atoms with Gasteiger partial charge in [0.1, 0.15) is 0 Å². The monoisotopic (exact) mass is 379 g/mol. The van der Waals surface area contributed by atoms with Gasteiger partial charge in [0.15, 0.2) is 0 Å². The Hall–Kier alpha value is -3.15. The zero-order valence-corrected chi connectivity index (χ0v) is 16.2. The molecule has 2 aromatic rings. The highest BCUT2D eigenvalue weighted by molar-refractivity contribution is 6.01. The molecule has 0 spiro atoms. The average Bonchev–Trinajstić information content (AvgIpc) is 3.02. The highest BCUT2D eigenvalue weighted by atomic mass is 16.4. The van der Waals surface area contributed by atoms with E-state index in [0.29, 0.717) is 30.5 Å². The third-order valence-corrected chi connectivity index (χ3v) is 4.81. The summed E-state index contributed by atoms with van der Waals surface area (Å²) in [6.07, 6.45) is 8.80. The lowest BCUT2D eigenvalue weighted by Gasteiger charge is -2.13. The van der Waals surface area contributed by atoms with Crippen molar-refractivity contribution in [2.75, 3.05) is 0 Å². The first-order valence-electron chi connectivity index (χ1n) is 9.67. The van der Waals surface area contributed by atoms with E-state index >= 15 is 0 Å². The minimum atomic E-state index is -1.03. The number of carboxylic acid groups (broad SMARTS) is 1. The van der Waals surface area contributed by atoms with E-state index in [1.165, 1.54) is 4.68 Å². The van der Waals surface area contributed by atoms with Crippen LogP contribution in [-0.2, 0) is 17.6 Å². The summed E-state index contributed by atoms with van der Waals surface area (Å²) in [7, 11) is 0. The molecule has 146 valence electrons. The molecule has 6 heteroatoms. The predicted molar refractivity (Wildman–Crippen MR) is 111 cm³/mol. The van der Waals surface area contributed by atoms with Crippen LogP contribution < -0.4 is 5.56 Å². The second-order valence-corrected chi connectivity index (χ2v) is 6.72. The van der Waals surface area contributed by atoms with Gasteiger partial charge in [0.05, 0.1) is 22.5 Å². The third kappa shape index (κ3) is 3.91. The van der Waals surface area contributed by atoms with Crippen molar-refractivity contribution in [2.45, 2.75) is 46.0 Å². The van der Waals surface area contributed by atoms with Gasteiger partial charge in [-0.1, -0.05) is 50.6 Å². The number of rotatable bonds is 7. The van der Waals surface area contributed by atoms with Gasteiger partial charge in [-0.05, 0) is 37.3 Å². The van der Waals surface area contributed by atoms with Crippen molar-refractivity contribution in [1.82, 2.24) is 9.78 Å². The predicted octanol–water partition coefficient (Wildman–Crippen LogP) is 4.09. The third-order valence-electron chi connectivity index (χ3n) is 4.81. The summed E-state index contributed by atoms with van der Waals surface area (Å²) in [6, 6.07) is 7.84. The van der Waals surface area contributed by atoms with Crippen LogP contribution in [0.1, 0.15) is 49.9 Å². The first-order chi connectivity index (χ1) is 13.6. The Kier molecular flexibility index (Phi) is 6.09. The van der Waals surface area contributed by atoms with Gasteiger partial charge in [0, 0.05) is 11.9 Å². The number of para-hydroxylation sites is 1. The number of nitrogens with zero attached hydrogens (tertiary/aromatic N) is 2. The summed E-state index contributed by atoms with van der Waals surface area (Å²) < 4.78 is 1.34. The molecule has 0 saturated carbocycles. The fraction of sp³-hybridized carbons (Fsp3) is 0.318. The summed E-state index contributed by atoms with van der Waals surface area (Å²) in [5.41, 5.74) is 3.46. The van der Waals surface area contributed by atoms with Gasteiger partial charge in [0.25, 0.3) is 5.56 Å². The second-order valence-electron chi connectivity index (χ2n) is 6.72. The molecule has 1 heterocycles. The summed E-state index contributed by atoms with van der Waals surface area (Å²) in [5.74, 6) is -1.03. The first-order valence-corrected chi connectivity index (χ1v) is 9.67. The number of carboxylic acids is 1. The van der Waals surface area contributed by atoms with Crippen LogP contribution in [0.3, 0.4) is 0 Å². The van der Waals surface area contributed by atoms with E-state index in [2.05, 4.69) is 17.0 Å². The van der Waals surface area contributed by atoms with Gasteiger partial charge in [-0.25, -0.2) is 9.48 Å². The second kappa shape index (κ2) is 8.69. The smallest absolute Gasteiger partial charge is 0.337 e. The lowest BCUT2D eigenvalue weighted by Crippen LogP contribution is -2.22. The molecule has 3 rings (SSSR count). The molecule has 1 aromatic heterocycles. The van der Waals surface area contributed by atoms with E-state index in [9.17, 15) is 14.7 Å². The Morgan fingerprint density at radius 3 is 2.71 bits per heavy atom. The van der Waals surface area contributed by atoms with Crippen LogP contribution >= 0.6 is 0 Å². The summed E-state index contributed by atoms with van der Waals surface area (Å²) in [5, 5.41) is 12.6. The normalized spacial score (nSPS) is 14.2. The lowest BCUT2D eigenvalue weighted by molar-refractivity contribution is -0.132. The number of aromatic amines is 1. The molecule has 0 unspecified atom stereocenters. The van der Waals surface area contributed by atoms with Gasteiger partial charge in [-0.2, -0.15) is 0 Å². The Bertz CT molecular complexity index is 1020. The molecular formula is C22H25N3O3. The van der Waals surface area contributed by atoms with Gasteiger partial charge >= 0.3 is 5.97 Å². The maximum atomic E-state index is 13.1. The van der Waals surface area contributed by atoms with E-state index in [1.807, 2.05) is 31.2 Å². The topological polar surface area (TPSA) is 87.5 Å². The number of aliphatic imine (C=N–C) groups is 1. The quantitative estimate of drug-likeness (QED) is 0.710. The number of aromatic nitrogens is 2. The van der Waals surface area contributed by atoms with Crippen LogP contribution in [0, 0.1) is 0 Å². The Morgan fingerprint density at radius 2 is 2.00 bits per heavy atom. The molecule has 28 heavy (non-hydrogen) atoms. The Morgan fingerprint density at radius 1 is 1.25 bits per heavy atom. The van der Waals surface area contributed by atoms with Crippen molar-refractivity contribution in [2.24, 2.45) is 4.99 Å². The zero-order valence-electron chi connectivity index (χ0n) is 16.2. The van der Waals surface area contributed by atoms with Crippen LogP contribution in [-0.4, -0.2) is 27.1 Å². The molecule has 1 aliphatic carbocycles. The number of H-pyrrole nitrogens is 1. The number of carbonyl (C=O) groups is 1. The first kappa shape index (κ1) is 19.6. The average molecular weight is 379 g/mol. The lowest BCUT2D eigenvalue weighted by atomic mass is 10.0. The maximum absolute atomic E-state index is 13.1. The van der Waals surface area contributed by atoms with Crippen LogP contribution in [0.15, 0.2) is 51.8 Å². The molecule has 0 radical (unpaired) electrons. The van der Waals surface area contributed by atoms with Gasteiger partial charge in [-0.3, -0.25) is 14.9 Å². The minimum Gasteiger partial charge on any atom is -0.478 e. The maximum Gasteiger partial charge on any atom is 0.337 e. The SMILES string of the molecule is CCCc1[nH]n(C2=CCCC=C2C(=O)O)c(=O)c1C=Nc1ccccc1CC. The van der Waals surface area contributed by atoms with Crippen molar-refractivity contribution < 1.29 is 9.90 Å². The number of aliphatic carboxylic acids is 1. The van der Waals surface area contributed by atoms with Crippen molar-refractivity contribution >= 4 is 23.6 Å². The van der Waals surface area contributed by atoms with Crippen molar-refractivity contribution in [3.63, 3.8) is 0 Å². The van der Waals surface area contributed by atoms with Crippen LogP contribution in [0.2, 0.25) is 0 Å². The van der Waals surface area contributed by atoms with E-state index in [-0.39, 0.29) is 11.1 Å². The molecule has 0 amide bonds. The minimum absolute atomic E-state index is 0.150. The molecule has 0 saturated heterocycles. The summed E-state index contributed by atoms with van der Waals surface area (Å²) in [4.78, 5) is 29.2. The van der Waals surface area contributed by atoms with E-state index in [4.69, 9.17) is 0 Å². The Balaban J connectivity index is 2.06. The molecule has 0 aliphatic heterocycles. The number of benzene rings is 1. The summed E-state index contributed by atoms with van der Waals surface area (Å²) in [6.45, 7) is 4.10. The molecule has 1 aliphatic rings. The van der Waals surface area contributed by atoms with Crippen LogP contribution in [0.5, 0.6) is 0 Å². The highest BCUT2D eigenvalue weighted by Crippen LogP contribution is 2.23. The molecular weight excluding hydrogens is 354 g/mol. The number of hydrogen-bond acceptors (Lipinski definition) is 3. The Labute approximate surface area is 163 Å². The number of allylic oxidation sites excluding steroid dienone is 2. The number of nitrogens with one attached hydrogen (secondary N) is 1. The molecule has 0 bridgehead atoms. The largest absolute Gasteiger partial charge is 0.478 e. The number of aryl methyl sites for hydroxylation is 2. The van der Waals surface area contributed by atoms with Crippen molar-refractivity contribution in [3.8, 4) is 0 Å². The molecule has 0 fully saturated rings. The molecule has 2 N–H and O–H groups in total. The molecule has 0 atom stereocenters.